The molecule has 0 aromatic carbocycles. The molecule has 1 rings (SSSR count). The van der Waals surface area contributed by atoms with E-state index in [2.05, 4.69) is 20.6 Å². The predicted molar refractivity (Wildman–Crippen MR) is 94.3 cm³/mol. The second-order valence-electron chi connectivity index (χ2n) is 7.57. The Morgan fingerprint density at radius 2 is 1.88 bits per heavy atom. The number of hydrogen-bond acceptors (Lipinski definition) is 6. The Morgan fingerprint density at radius 1 is 1.23 bits per heavy atom. The van der Waals surface area contributed by atoms with Crippen molar-refractivity contribution < 1.29 is 23.9 Å². The molecule has 0 saturated heterocycles. The van der Waals surface area contributed by atoms with Gasteiger partial charge >= 0.3 is 12.1 Å². The molecule has 9 nitrogen and oxygen atoms in total. The van der Waals surface area contributed by atoms with Crippen molar-refractivity contribution in [2.24, 2.45) is 5.41 Å². The van der Waals surface area contributed by atoms with Crippen LogP contribution in [0.5, 0.6) is 0 Å². The van der Waals surface area contributed by atoms with Crippen molar-refractivity contribution >= 4 is 18.0 Å². The number of aromatic nitrogens is 2. The lowest BCUT2D eigenvalue weighted by Gasteiger charge is -2.27. The lowest BCUT2D eigenvalue weighted by molar-refractivity contribution is -0.146. The smallest absolute Gasteiger partial charge is 0.407 e. The Hall–Kier alpha value is -2.58. The van der Waals surface area contributed by atoms with E-state index in [1.165, 1.54) is 13.4 Å². The molecule has 1 atom stereocenters. The highest BCUT2D eigenvalue weighted by molar-refractivity contribution is 5.88. The van der Waals surface area contributed by atoms with Gasteiger partial charge in [0, 0.05) is 24.9 Å². The van der Waals surface area contributed by atoms with Gasteiger partial charge < -0.3 is 25.1 Å². The van der Waals surface area contributed by atoms with Crippen molar-refractivity contribution in [1.29, 1.82) is 0 Å². The molecule has 9 heteroatoms. The quantitative estimate of drug-likeness (QED) is 0.621. The summed E-state index contributed by atoms with van der Waals surface area (Å²) >= 11 is 0. The van der Waals surface area contributed by atoms with E-state index in [4.69, 9.17) is 9.47 Å². The standard InChI is InChI=1S/C17H28N4O5/c1-16(2,3)26-15(24)19-9-17(4,5)14(23)21-12(13(22)25-6)7-11-8-18-10-20-11/h8,10,12H,7,9H2,1-6H3,(H,18,20)(H,19,24)(H,21,23)/t12-/m0/s1. The number of alkyl carbamates (subject to hydrolysis) is 1. The van der Waals surface area contributed by atoms with Crippen LogP contribution in [0.4, 0.5) is 4.79 Å². The molecule has 0 aliphatic rings. The highest BCUT2D eigenvalue weighted by Crippen LogP contribution is 2.16. The van der Waals surface area contributed by atoms with Crippen LogP contribution < -0.4 is 10.6 Å². The molecule has 0 fully saturated rings. The Bertz CT molecular complexity index is 620. The summed E-state index contributed by atoms with van der Waals surface area (Å²) in [5, 5.41) is 5.23. The second kappa shape index (κ2) is 8.68. The van der Waals surface area contributed by atoms with Gasteiger partial charge in [-0.1, -0.05) is 0 Å². The second-order valence-corrected chi connectivity index (χ2v) is 7.57. The maximum atomic E-state index is 12.6. The van der Waals surface area contributed by atoms with Crippen LogP contribution in [-0.4, -0.2) is 53.2 Å². The van der Waals surface area contributed by atoms with E-state index >= 15 is 0 Å². The molecule has 0 aliphatic carbocycles. The van der Waals surface area contributed by atoms with Crippen LogP contribution >= 0.6 is 0 Å². The van der Waals surface area contributed by atoms with Gasteiger partial charge in [-0.3, -0.25) is 4.79 Å². The molecule has 1 aromatic rings. The first-order valence-corrected chi connectivity index (χ1v) is 8.27. The molecule has 2 amide bonds. The monoisotopic (exact) mass is 368 g/mol. The van der Waals surface area contributed by atoms with Gasteiger partial charge in [-0.15, -0.1) is 0 Å². The third-order valence-corrected chi connectivity index (χ3v) is 3.46. The van der Waals surface area contributed by atoms with Crippen molar-refractivity contribution in [3.05, 3.63) is 18.2 Å². The van der Waals surface area contributed by atoms with Gasteiger partial charge in [0.25, 0.3) is 0 Å². The number of H-pyrrole nitrogens is 1. The van der Waals surface area contributed by atoms with Crippen molar-refractivity contribution in [2.75, 3.05) is 13.7 Å². The number of aromatic amines is 1. The number of amides is 2. The van der Waals surface area contributed by atoms with E-state index in [0.29, 0.717) is 5.69 Å². The van der Waals surface area contributed by atoms with E-state index in [1.807, 2.05) is 0 Å². The average molecular weight is 368 g/mol. The van der Waals surface area contributed by atoms with Crippen molar-refractivity contribution in [2.45, 2.75) is 52.7 Å². The first-order chi connectivity index (χ1) is 11.9. The van der Waals surface area contributed by atoms with E-state index in [-0.39, 0.29) is 13.0 Å². The first kappa shape index (κ1) is 21.5. The highest BCUT2D eigenvalue weighted by Gasteiger charge is 2.33. The number of nitrogens with one attached hydrogen (secondary N) is 3. The SMILES string of the molecule is COC(=O)[C@H](Cc1cnc[nH]1)NC(=O)C(C)(C)CNC(=O)OC(C)(C)C. The molecule has 1 aromatic heterocycles. The van der Waals surface area contributed by atoms with Crippen LogP contribution in [0, 0.1) is 5.41 Å². The van der Waals surface area contributed by atoms with Crippen molar-refractivity contribution in [1.82, 2.24) is 20.6 Å². The van der Waals surface area contributed by atoms with E-state index < -0.39 is 35.0 Å². The number of nitrogens with zero attached hydrogens (tertiary/aromatic N) is 1. The van der Waals surface area contributed by atoms with Crippen LogP contribution in [0.1, 0.15) is 40.3 Å². The molecular formula is C17H28N4O5. The minimum Gasteiger partial charge on any atom is -0.467 e. The Kier molecular flexibility index (Phi) is 7.17. The maximum Gasteiger partial charge on any atom is 0.407 e. The summed E-state index contributed by atoms with van der Waals surface area (Å²) in [5.41, 5.74) is -0.904. The van der Waals surface area contributed by atoms with Crippen LogP contribution in [0.15, 0.2) is 12.5 Å². The molecular weight excluding hydrogens is 340 g/mol. The Morgan fingerprint density at radius 3 is 2.38 bits per heavy atom. The van der Waals surface area contributed by atoms with E-state index in [0.717, 1.165) is 0 Å². The minimum absolute atomic E-state index is 0.0473. The van der Waals surface area contributed by atoms with Gasteiger partial charge in [0.1, 0.15) is 11.6 Å². The molecule has 0 aliphatic heterocycles. The fourth-order valence-electron chi connectivity index (χ4n) is 1.99. The predicted octanol–water partition coefficient (Wildman–Crippen LogP) is 1.16. The van der Waals surface area contributed by atoms with Gasteiger partial charge in [0.15, 0.2) is 0 Å². The average Bonchev–Trinajstić information content (AvgIpc) is 3.03. The largest absolute Gasteiger partial charge is 0.467 e. The number of hydrogen-bond donors (Lipinski definition) is 3. The van der Waals surface area contributed by atoms with Gasteiger partial charge in [0.2, 0.25) is 5.91 Å². The van der Waals surface area contributed by atoms with Crippen LogP contribution in [0.2, 0.25) is 0 Å². The number of imidazole rings is 1. The molecule has 1 heterocycles. The Labute approximate surface area is 153 Å². The molecule has 26 heavy (non-hydrogen) atoms. The lowest BCUT2D eigenvalue weighted by atomic mass is 9.91. The lowest BCUT2D eigenvalue weighted by Crippen LogP contribution is -2.51. The van der Waals surface area contributed by atoms with Crippen LogP contribution in [0.3, 0.4) is 0 Å². The Balaban J connectivity index is 2.67. The number of carbonyl (C=O) groups is 3. The summed E-state index contributed by atoms with van der Waals surface area (Å²) in [6, 6.07) is -0.867. The maximum absolute atomic E-state index is 12.6. The number of ether oxygens (including phenoxy) is 2. The van der Waals surface area contributed by atoms with Gasteiger partial charge in [-0.25, -0.2) is 14.6 Å². The molecule has 146 valence electrons. The normalized spacial score (nSPS) is 12.8. The van der Waals surface area contributed by atoms with Crippen molar-refractivity contribution in [3.63, 3.8) is 0 Å². The van der Waals surface area contributed by atoms with Crippen molar-refractivity contribution in [3.8, 4) is 0 Å². The minimum atomic E-state index is -0.961. The molecule has 3 N–H and O–H groups in total. The third-order valence-electron chi connectivity index (χ3n) is 3.46. The molecule has 0 spiro atoms. The number of methoxy groups -OCH3 is 1. The topological polar surface area (TPSA) is 122 Å². The first-order valence-electron chi connectivity index (χ1n) is 8.27. The zero-order valence-corrected chi connectivity index (χ0v) is 16.1. The number of carbonyl (C=O) groups excluding carboxylic acids is 3. The van der Waals surface area contributed by atoms with Gasteiger partial charge in [0.05, 0.1) is 18.9 Å². The molecule has 0 radical (unpaired) electrons. The zero-order chi connectivity index (χ0) is 20.0. The summed E-state index contributed by atoms with van der Waals surface area (Å²) in [6.07, 6.45) is 2.66. The van der Waals surface area contributed by atoms with Crippen LogP contribution in [0.25, 0.3) is 0 Å². The van der Waals surface area contributed by atoms with Gasteiger partial charge in [-0.05, 0) is 34.6 Å². The number of esters is 1. The summed E-state index contributed by atoms with van der Waals surface area (Å²) in [6.45, 7) is 8.61. The summed E-state index contributed by atoms with van der Waals surface area (Å²) in [4.78, 5) is 43.1. The summed E-state index contributed by atoms with van der Waals surface area (Å²) < 4.78 is 9.90. The highest BCUT2D eigenvalue weighted by atomic mass is 16.6. The zero-order valence-electron chi connectivity index (χ0n) is 16.1. The number of rotatable bonds is 7. The fourth-order valence-corrected chi connectivity index (χ4v) is 1.99. The van der Waals surface area contributed by atoms with Gasteiger partial charge in [-0.2, -0.15) is 0 Å². The molecule has 0 unspecified atom stereocenters. The fraction of sp³-hybridized carbons (Fsp3) is 0.647. The van der Waals surface area contributed by atoms with E-state index in [1.54, 1.807) is 40.8 Å². The molecule has 0 saturated carbocycles. The summed E-state index contributed by atoms with van der Waals surface area (Å²) in [7, 11) is 1.25. The summed E-state index contributed by atoms with van der Waals surface area (Å²) in [5.74, 6) is -0.965. The molecule has 0 bridgehead atoms. The van der Waals surface area contributed by atoms with E-state index in [9.17, 15) is 14.4 Å². The third kappa shape index (κ3) is 7.12. The van der Waals surface area contributed by atoms with Crippen LogP contribution in [-0.2, 0) is 25.5 Å².